The van der Waals surface area contributed by atoms with E-state index in [9.17, 15) is 22.8 Å². The molecule has 2 aromatic carbocycles. The SMILES string of the molecule is CC(C)(C)OC(=O)N1CCC(c2ccc3nc(C(=O)N4CCN(Cc5ccc(C(F)(F)F)cc5)CC4)sc3c2)CC1. The quantitative estimate of drug-likeness (QED) is 0.354. The summed E-state index contributed by atoms with van der Waals surface area (Å²) < 4.78 is 44.9. The van der Waals surface area contributed by atoms with Gasteiger partial charge in [0.2, 0.25) is 0 Å². The fraction of sp³-hybridized carbons (Fsp3) is 0.500. The number of alkyl halides is 3. The van der Waals surface area contributed by atoms with E-state index in [-0.39, 0.29) is 12.0 Å². The number of fused-ring (bicyclic) bond motifs is 1. The summed E-state index contributed by atoms with van der Waals surface area (Å²) in [6.07, 6.45) is -2.90. The third-order valence-electron chi connectivity index (χ3n) is 7.56. The lowest BCUT2D eigenvalue weighted by molar-refractivity contribution is -0.137. The number of likely N-dealkylation sites (tertiary alicyclic amines) is 1. The monoisotopic (exact) mass is 588 g/mol. The van der Waals surface area contributed by atoms with Gasteiger partial charge in [-0.3, -0.25) is 9.69 Å². The number of piperidine rings is 1. The van der Waals surface area contributed by atoms with Crippen molar-refractivity contribution in [1.29, 1.82) is 0 Å². The van der Waals surface area contributed by atoms with E-state index in [0.717, 1.165) is 40.8 Å². The van der Waals surface area contributed by atoms with Gasteiger partial charge in [-0.2, -0.15) is 13.2 Å². The molecule has 0 saturated carbocycles. The zero-order chi connectivity index (χ0) is 29.4. The maximum atomic E-state index is 13.3. The number of thiazole rings is 1. The Morgan fingerprint density at radius 1 is 0.927 bits per heavy atom. The highest BCUT2D eigenvalue weighted by atomic mass is 32.1. The van der Waals surface area contributed by atoms with Crippen LogP contribution in [0, 0.1) is 0 Å². The second-order valence-corrected chi connectivity index (χ2v) is 12.8. The molecule has 0 N–H and O–H groups in total. The van der Waals surface area contributed by atoms with Gasteiger partial charge in [-0.25, -0.2) is 9.78 Å². The minimum atomic E-state index is -4.34. The minimum absolute atomic E-state index is 0.0902. The predicted molar refractivity (Wildman–Crippen MR) is 152 cm³/mol. The van der Waals surface area contributed by atoms with Crippen molar-refractivity contribution in [3.8, 4) is 0 Å². The number of amides is 2. The first-order valence-electron chi connectivity index (χ1n) is 13.9. The second kappa shape index (κ2) is 11.6. The number of halogens is 3. The number of hydrogen-bond acceptors (Lipinski definition) is 6. The third-order valence-corrected chi connectivity index (χ3v) is 8.57. The van der Waals surface area contributed by atoms with Gasteiger partial charge in [0, 0.05) is 45.8 Å². The fourth-order valence-corrected chi connectivity index (χ4v) is 6.29. The summed E-state index contributed by atoms with van der Waals surface area (Å²) in [7, 11) is 0. The van der Waals surface area contributed by atoms with Gasteiger partial charge in [-0.1, -0.05) is 18.2 Å². The van der Waals surface area contributed by atoms with Gasteiger partial charge in [0.15, 0.2) is 5.01 Å². The van der Waals surface area contributed by atoms with Crippen molar-refractivity contribution in [3.05, 3.63) is 64.2 Å². The highest BCUT2D eigenvalue weighted by Crippen LogP contribution is 2.33. The average molecular weight is 589 g/mol. The molecule has 5 rings (SSSR count). The van der Waals surface area contributed by atoms with E-state index in [1.165, 1.54) is 29.0 Å². The number of nitrogens with zero attached hydrogens (tertiary/aromatic N) is 4. The van der Waals surface area contributed by atoms with Crippen molar-refractivity contribution < 1.29 is 27.5 Å². The Morgan fingerprint density at radius 3 is 2.20 bits per heavy atom. The van der Waals surface area contributed by atoms with Crippen LogP contribution >= 0.6 is 11.3 Å². The smallest absolute Gasteiger partial charge is 0.416 e. The van der Waals surface area contributed by atoms with Crippen LogP contribution in [-0.4, -0.2) is 76.6 Å². The van der Waals surface area contributed by atoms with Gasteiger partial charge in [0.05, 0.1) is 15.8 Å². The van der Waals surface area contributed by atoms with Crippen molar-refractivity contribution in [2.75, 3.05) is 39.3 Å². The molecule has 0 unspecified atom stereocenters. The fourth-order valence-electron chi connectivity index (χ4n) is 5.31. The molecule has 11 heteroatoms. The van der Waals surface area contributed by atoms with Crippen LogP contribution in [0.3, 0.4) is 0 Å². The highest BCUT2D eigenvalue weighted by molar-refractivity contribution is 7.20. The number of piperazine rings is 1. The standard InChI is InChI=1S/C30H35F3N4O3S/c1-29(2,3)40-28(39)37-12-10-21(11-13-37)22-6-9-24-25(18-22)41-26(34-24)27(38)36-16-14-35(15-17-36)19-20-4-7-23(8-5-20)30(31,32)33/h4-9,18,21H,10-17,19H2,1-3H3. The van der Waals surface area contributed by atoms with Crippen LogP contribution in [0.25, 0.3) is 10.2 Å². The largest absolute Gasteiger partial charge is 0.444 e. The van der Waals surface area contributed by atoms with E-state index in [2.05, 4.69) is 22.0 Å². The molecular formula is C30H35F3N4O3S. The predicted octanol–water partition coefficient (Wildman–Crippen LogP) is 6.39. The van der Waals surface area contributed by atoms with Crippen LogP contribution < -0.4 is 0 Å². The third kappa shape index (κ3) is 7.19. The number of carbonyl (C=O) groups excluding carboxylic acids is 2. The minimum Gasteiger partial charge on any atom is -0.444 e. The second-order valence-electron chi connectivity index (χ2n) is 11.8. The lowest BCUT2D eigenvalue weighted by atomic mass is 9.89. The summed E-state index contributed by atoms with van der Waals surface area (Å²) in [5.41, 5.74) is 1.65. The summed E-state index contributed by atoms with van der Waals surface area (Å²) >= 11 is 1.40. The highest BCUT2D eigenvalue weighted by Gasteiger charge is 2.31. The summed E-state index contributed by atoms with van der Waals surface area (Å²) in [5, 5.41) is 0.466. The van der Waals surface area contributed by atoms with E-state index >= 15 is 0 Å². The number of hydrogen-bond donors (Lipinski definition) is 0. The van der Waals surface area contributed by atoms with Gasteiger partial charge in [0.1, 0.15) is 5.60 Å². The number of aromatic nitrogens is 1. The van der Waals surface area contributed by atoms with Gasteiger partial charge in [-0.05, 0) is 74.9 Å². The molecule has 2 fully saturated rings. The van der Waals surface area contributed by atoms with E-state index in [0.29, 0.717) is 56.7 Å². The average Bonchev–Trinajstić information content (AvgIpc) is 3.36. The Hall–Kier alpha value is -3.18. The van der Waals surface area contributed by atoms with Crippen LogP contribution in [0.1, 0.15) is 66.0 Å². The summed E-state index contributed by atoms with van der Waals surface area (Å²) in [4.78, 5) is 36.0. The molecule has 0 bridgehead atoms. The Labute approximate surface area is 241 Å². The Balaban J connectivity index is 1.15. The van der Waals surface area contributed by atoms with Gasteiger partial charge in [0.25, 0.3) is 5.91 Å². The van der Waals surface area contributed by atoms with Crippen LogP contribution in [0.15, 0.2) is 42.5 Å². The van der Waals surface area contributed by atoms with Crippen LogP contribution in [0.4, 0.5) is 18.0 Å². The molecule has 0 aliphatic carbocycles. The van der Waals surface area contributed by atoms with E-state index in [4.69, 9.17) is 4.74 Å². The first kappa shape index (κ1) is 29.3. The molecule has 3 aromatic rings. The lowest BCUT2D eigenvalue weighted by Crippen LogP contribution is -2.48. The van der Waals surface area contributed by atoms with Crippen molar-refractivity contribution >= 4 is 33.6 Å². The topological polar surface area (TPSA) is 66.0 Å². The number of ether oxygens (including phenoxy) is 1. The summed E-state index contributed by atoms with van der Waals surface area (Å²) in [6.45, 7) is 9.81. The zero-order valence-corrected chi connectivity index (χ0v) is 24.4. The Morgan fingerprint density at radius 2 is 1.59 bits per heavy atom. The molecular weight excluding hydrogens is 553 g/mol. The number of benzene rings is 2. The molecule has 2 amide bonds. The molecule has 0 spiro atoms. The van der Waals surface area contributed by atoms with Crippen molar-refractivity contribution in [1.82, 2.24) is 19.7 Å². The normalized spacial score (nSPS) is 17.7. The van der Waals surface area contributed by atoms with Crippen molar-refractivity contribution in [3.63, 3.8) is 0 Å². The molecule has 0 atom stereocenters. The first-order chi connectivity index (χ1) is 19.4. The molecule has 0 radical (unpaired) electrons. The summed E-state index contributed by atoms with van der Waals surface area (Å²) in [6, 6.07) is 11.4. The molecule has 41 heavy (non-hydrogen) atoms. The van der Waals surface area contributed by atoms with Crippen LogP contribution in [0.5, 0.6) is 0 Å². The molecule has 2 saturated heterocycles. The van der Waals surface area contributed by atoms with E-state index < -0.39 is 17.3 Å². The van der Waals surface area contributed by atoms with Gasteiger partial charge < -0.3 is 14.5 Å². The van der Waals surface area contributed by atoms with E-state index in [1.807, 2.05) is 26.8 Å². The number of carbonyl (C=O) groups is 2. The molecule has 2 aliphatic heterocycles. The first-order valence-corrected chi connectivity index (χ1v) is 14.7. The van der Waals surface area contributed by atoms with E-state index in [1.54, 1.807) is 9.80 Å². The molecule has 3 heterocycles. The van der Waals surface area contributed by atoms with Crippen molar-refractivity contribution in [2.45, 2.75) is 57.9 Å². The van der Waals surface area contributed by atoms with Crippen molar-refractivity contribution in [2.24, 2.45) is 0 Å². The lowest BCUT2D eigenvalue weighted by Gasteiger charge is -2.34. The van der Waals surface area contributed by atoms with Crippen LogP contribution in [-0.2, 0) is 17.5 Å². The Kier molecular flexibility index (Phi) is 8.29. The van der Waals surface area contributed by atoms with Crippen LogP contribution in [0.2, 0.25) is 0 Å². The Bertz CT molecular complexity index is 1380. The van der Waals surface area contributed by atoms with Gasteiger partial charge >= 0.3 is 12.3 Å². The maximum absolute atomic E-state index is 13.3. The number of rotatable bonds is 4. The maximum Gasteiger partial charge on any atom is 0.416 e. The van der Waals surface area contributed by atoms with Gasteiger partial charge in [-0.15, -0.1) is 11.3 Å². The summed E-state index contributed by atoms with van der Waals surface area (Å²) in [5.74, 6) is 0.240. The zero-order valence-electron chi connectivity index (χ0n) is 23.5. The molecule has 7 nitrogen and oxygen atoms in total. The molecule has 220 valence electrons. The molecule has 2 aliphatic rings. The molecule has 1 aromatic heterocycles.